The van der Waals surface area contributed by atoms with Crippen LogP contribution in [0, 0.1) is 13.8 Å². The maximum absolute atomic E-state index is 12.6. The molecule has 0 unspecified atom stereocenters. The first-order valence-corrected chi connectivity index (χ1v) is 9.85. The van der Waals surface area contributed by atoms with Crippen LogP contribution in [0.3, 0.4) is 0 Å². The van der Waals surface area contributed by atoms with Crippen molar-refractivity contribution >= 4 is 34.1 Å². The quantitative estimate of drug-likeness (QED) is 0.749. The standard InChI is InChI=1S/C19H22N4O5S/c1-10-11(2)20-9-23(18(10)26)8-15(25)21-17-16(19(27)28-4)13-5-6-22(12(3)24)7-14(13)29-17/h9H,5-8H2,1-4H3,(H,21,25). The molecule has 9 nitrogen and oxygen atoms in total. The number of nitrogens with one attached hydrogen (secondary N) is 1. The Balaban J connectivity index is 1.88. The average Bonchev–Trinajstić information content (AvgIpc) is 3.04. The summed E-state index contributed by atoms with van der Waals surface area (Å²) in [6.45, 7) is 5.54. The summed E-state index contributed by atoms with van der Waals surface area (Å²) in [5.41, 5.74) is 1.91. The number of carbonyl (C=O) groups excluding carboxylic acids is 3. The fourth-order valence-electron chi connectivity index (χ4n) is 3.19. The van der Waals surface area contributed by atoms with Gasteiger partial charge in [-0.05, 0) is 25.8 Å². The minimum atomic E-state index is -0.543. The number of fused-ring (bicyclic) bond motifs is 1. The Morgan fingerprint density at radius 2 is 2.03 bits per heavy atom. The third kappa shape index (κ3) is 4.07. The van der Waals surface area contributed by atoms with Crippen molar-refractivity contribution in [2.24, 2.45) is 0 Å². The van der Waals surface area contributed by atoms with Crippen molar-refractivity contribution in [2.75, 3.05) is 19.0 Å². The fourth-order valence-corrected chi connectivity index (χ4v) is 4.46. The zero-order valence-corrected chi connectivity index (χ0v) is 17.5. The summed E-state index contributed by atoms with van der Waals surface area (Å²) in [5.74, 6) is -1.04. The smallest absolute Gasteiger partial charge is 0.341 e. The molecule has 154 valence electrons. The van der Waals surface area contributed by atoms with Gasteiger partial charge in [0.15, 0.2) is 0 Å². The number of aromatic nitrogens is 2. The van der Waals surface area contributed by atoms with E-state index in [4.69, 9.17) is 4.74 Å². The molecular formula is C19H22N4O5S. The molecule has 1 aliphatic rings. The van der Waals surface area contributed by atoms with Gasteiger partial charge in [0.1, 0.15) is 11.5 Å². The highest BCUT2D eigenvalue weighted by Crippen LogP contribution is 2.37. The van der Waals surface area contributed by atoms with Crippen molar-refractivity contribution < 1.29 is 19.1 Å². The van der Waals surface area contributed by atoms with Crippen LogP contribution < -0.4 is 10.9 Å². The van der Waals surface area contributed by atoms with E-state index >= 15 is 0 Å². The van der Waals surface area contributed by atoms with Gasteiger partial charge in [-0.2, -0.15) is 0 Å². The number of carbonyl (C=O) groups is 3. The molecule has 0 bridgehead atoms. The van der Waals surface area contributed by atoms with Crippen molar-refractivity contribution in [3.8, 4) is 0 Å². The van der Waals surface area contributed by atoms with Crippen LogP contribution in [0.15, 0.2) is 11.1 Å². The monoisotopic (exact) mass is 418 g/mol. The molecule has 0 saturated carbocycles. The number of esters is 1. The first-order valence-electron chi connectivity index (χ1n) is 9.03. The van der Waals surface area contributed by atoms with Gasteiger partial charge in [-0.25, -0.2) is 9.78 Å². The van der Waals surface area contributed by atoms with E-state index in [0.29, 0.717) is 41.3 Å². The topological polar surface area (TPSA) is 111 Å². The lowest BCUT2D eigenvalue weighted by atomic mass is 10.0. The Labute approximate surface area is 171 Å². The second-order valence-corrected chi connectivity index (χ2v) is 7.93. The van der Waals surface area contributed by atoms with Crippen LogP contribution in [0.25, 0.3) is 0 Å². The third-order valence-electron chi connectivity index (χ3n) is 4.97. The molecule has 29 heavy (non-hydrogen) atoms. The molecular weight excluding hydrogens is 396 g/mol. The lowest BCUT2D eigenvalue weighted by molar-refractivity contribution is -0.129. The van der Waals surface area contributed by atoms with Crippen LogP contribution in [0.5, 0.6) is 0 Å². The van der Waals surface area contributed by atoms with Crippen molar-refractivity contribution in [1.82, 2.24) is 14.5 Å². The molecule has 1 N–H and O–H groups in total. The summed E-state index contributed by atoms with van der Waals surface area (Å²) in [4.78, 5) is 55.5. The first kappa shape index (κ1) is 20.7. The summed E-state index contributed by atoms with van der Waals surface area (Å²) >= 11 is 1.25. The Kier molecular flexibility index (Phi) is 5.83. The Morgan fingerprint density at radius 1 is 1.31 bits per heavy atom. The number of anilines is 1. The summed E-state index contributed by atoms with van der Waals surface area (Å²) in [6.07, 6.45) is 1.84. The van der Waals surface area contributed by atoms with Crippen LogP contribution in [0.2, 0.25) is 0 Å². The van der Waals surface area contributed by atoms with Gasteiger partial charge >= 0.3 is 5.97 Å². The third-order valence-corrected chi connectivity index (χ3v) is 6.11. The summed E-state index contributed by atoms with van der Waals surface area (Å²) < 4.78 is 6.12. The Hall–Kier alpha value is -3.01. The Bertz CT molecular complexity index is 1060. The molecule has 0 atom stereocenters. The zero-order valence-electron chi connectivity index (χ0n) is 16.7. The molecule has 1 aliphatic heterocycles. The predicted molar refractivity (Wildman–Crippen MR) is 107 cm³/mol. The second kappa shape index (κ2) is 8.16. The van der Waals surface area contributed by atoms with Gasteiger partial charge in [0.25, 0.3) is 5.56 Å². The SMILES string of the molecule is COC(=O)c1c(NC(=O)Cn2cnc(C)c(C)c2=O)sc2c1CCN(C(C)=O)C2. The maximum atomic E-state index is 12.6. The molecule has 0 spiro atoms. The van der Waals surface area contributed by atoms with Gasteiger partial charge < -0.3 is 15.0 Å². The van der Waals surface area contributed by atoms with Gasteiger partial charge in [0, 0.05) is 29.6 Å². The van der Waals surface area contributed by atoms with Crippen molar-refractivity contribution in [3.05, 3.63) is 43.9 Å². The summed E-state index contributed by atoms with van der Waals surface area (Å²) in [5, 5.41) is 3.09. The van der Waals surface area contributed by atoms with Crippen molar-refractivity contribution in [2.45, 2.75) is 40.3 Å². The number of amides is 2. The van der Waals surface area contributed by atoms with E-state index in [9.17, 15) is 19.2 Å². The number of thiophene rings is 1. The second-order valence-electron chi connectivity index (χ2n) is 6.83. The normalized spacial score (nSPS) is 13.0. The van der Waals surface area contributed by atoms with Gasteiger partial charge in [-0.3, -0.25) is 19.0 Å². The molecule has 2 aromatic rings. The maximum Gasteiger partial charge on any atom is 0.341 e. The number of hydrogen-bond acceptors (Lipinski definition) is 7. The van der Waals surface area contributed by atoms with E-state index in [0.717, 1.165) is 10.4 Å². The average molecular weight is 418 g/mol. The molecule has 0 aromatic carbocycles. The minimum Gasteiger partial charge on any atom is -0.465 e. The molecule has 3 heterocycles. The highest BCUT2D eigenvalue weighted by Gasteiger charge is 2.30. The van der Waals surface area contributed by atoms with E-state index in [-0.39, 0.29) is 18.0 Å². The molecule has 3 rings (SSSR count). The van der Waals surface area contributed by atoms with Gasteiger partial charge in [-0.1, -0.05) is 0 Å². The highest BCUT2D eigenvalue weighted by atomic mass is 32.1. The minimum absolute atomic E-state index is 0.0455. The van der Waals surface area contributed by atoms with Gasteiger partial charge in [-0.15, -0.1) is 11.3 Å². The number of nitrogens with zero attached hydrogens (tertiary/aromatic N) is 3. The first-order chi connectivity index (χ1) is 13.7. The molecule has 0 fully saturated rings. The number of ether oxygens (including phenoxy) is 1. The molecule has 0 radical (unpaired) electrons. The van der Waals surface area contributed by atoms with Crippen LogP contribution >= 0.6 is 11.3 Å². The zero-order chi connectivity index (χ0) is 21.3. The number of aryl methyl sites for hydroxylation is 1. The number of methoxy groups -OCH3 is 1. The molecule has 10 heteroatoms. The van der Waals surface area contributed by atoms with Crippen molar-refractivity contribution in [3.63, 3.8) is 0 Å². The van der Waals surface area contributed by atoms with E-state index in [1.54, 1.807) is 18.7 Å². The molecule has 0 aliphatic carbocycles. The van der Waals surface area contributed by atoms with Crippen LogP contribution in [0.1, 0.15) is 39.0 Å². The molecule has 2 aromatic heterocycles. The van der Waals surface area contributed by atoms with E-state index in [2.05, 4.69) is 10.3 Å². The number of rotatable bonds is 4. The predicted octanol–water partition coefficient (Wildman–Crippen LogP) is 1.25. The fraction of sp³-hybridized carbons (Fsp3) is 0.421. The van der Waals surface area contributed by atoms with Crippen LogP contribution in [0.4, 0.5) is 5.00 Å². The van der Waals surface area contributed by atoms with Crippen LogP contribution in [-0.2, 0) is 33.8 Å². The highest BCUT2D eigenvalue weighted by molar-refractivity contribution is 7.17. The summed E-state index contributed by atoms with van der Waals surface area (Å²) in [6, 6.07) is 0. The lowest BCUT2D eigenvalue weighted by Crippen LogP contribution is -2.34. The molecule has 0 saturated heterocycles. The number of hydrogen-bond donors (Lipinski definition) is 1. The van der Waals surface area contributed by atoms with Gasteiger partial charge in [0.05, 0.1) is 25.5 Å². The largest absolute Gasteiger partial charge is 0.465 e. The van der Waals surface area contributed by atoms with E-state index in [1.807, 2.05) is 0 Å². The molecule has 2 amide bonds. The Morgan fingerprint density at radius 3 is 2.69 bits per heavy atom. The van der Waals surface area contributed by atoms with E-state index in [1.165, 1.54) is 36.3 Å². The van der Waals surface area contributed by atoms with Crippen molar-refractivity contribution in [1.29, 1.82) is 0 Å². The summed E-state index contributed by atoms with van der Waals surface area (Å²) in [7, 11) is 1.28. The van der Waals surface area contributed by atoms with Gasteiger partial charge in [0.2, 0.25) is 11.8 Å². The van der Waals surface area contributed by atoms with E-state index < -0.39 is 11.9 Å². The lowest BCUT2D eigenvalue weighted by Gasteiger charge is -2.25. The van der Waals surface area contributed by atoms with Crippen LogP contribution in [-0.4, -0.2) is 45.9 Å².